The van der Waals surface area contributed by atoms with E-state index in [1.165, 1.54) is 0 Å². The molecule has 2 aromatic rings. The van der Waals surface area contributed by atoms with E-state index < -0.39 is 0 Å². The number of rotatable bonds is 6. The second-order valence-corrected chi connectivity index (χ2v) is 4.26. The van der Waals surface area contributed by atoms with E-state index in [1.807, 2.05) is 30.3 Å². The fraction of sp³-hybridized carbons (Fsp3) is 0.357. The van der Waals surface area contributed by atoms with Crippen molar-refractivity contribution in [2.45, 2.75) is 25.8 Å². The fourth-order valence-corrected chi connectivity index (χ4v) is 1.89. The molecule has 0 bridgehead atoms. The maximum Gasteiger partial charge on any atom is 0.223 e. The summed E-state index contributed by atoms with van der Waals surface area (Å²) < 4.78 is 4.91. The summed E-state index contributed by atoms with van der Waals surface area (Å²) in [5.74, 6) is 1.26. The summed E-state index contributed by atoms with van der Waals surface area (Å²) in [7, 11) is 0. The Hall–Kier alpha value is -2.19. The Balaban J connectivity index is 1.89. The minimum absolute atomic E-state index is 0.0409. The Morgan fingerprint density at radius 2 is 2.16 bits per heavy atom. The molecule has 0 fully saturated rings. The third-order valence-electron chi connectivity index (χ3n) is 2.81. The van der Waals surface area contributed by atoms with Crippen molar-refractivity contribution in [2.24, 2.45) is 0 Å². The summed E-state index contributed by atoms with van der Waals surface area (Å²) in [5.41, 5.74) is 1.12. The minimum Gasteiger partial charge on any atom is -0.340 e. The Kier molecular flexibility index (Phi) is 4.65. The van der Waals surface area contributed by atoms with Crippen molar-refractivity contribution in [2.75, 3.05) is 6.54 Å². The predicted octanol–water partition coefficient (Wildman–Crippen LogP) is 2.17. The standard InChI is InChI=1S/C14H16N4O/c1-11-17-14(18-19-11)8-10-16-13(7-9-15)12-5-3-2-4-6-12/h2-6,13,16H,7-8,10H2,1H3. The summed E-state index contributed by atoms with van der Waals surface area (Å²) in [4.78, 5) is 4.14. The van der Waals surface area contributed by atoms with Crippen molar-refractivity contribution in [1.82, 2.24) is 15.5 Å². The largest absolute Gasteiger partial charge is 0.340 e. The third kappa shape index (κ3) is 3.90. The quantitative estimate of drug-likeness (QED) is 0.857. The van der Waals surface area contributed by atoms with Crippen LogP contribution in [0.4, 0.5) is 0 Å². The zero-order chi connectivity index (χ0) is 13.5. The molecule has 0 radical (unpaired) electrons. The van der Waals surface area contributed by atoms with Gasteiger partial charge in [0, 0.05) is 25.9 Å². The van der Waals surface area contributed by atoms with Crippen LogP contribution in [-0.4, -0.2) is 16.7 Å². The van der Waals surface area contributed by atoms with Crippen LogP contribution in [0.15, 0.2) is 34.9 Å². The monoisotopic (exact) mass is 256 g/mol. The van der Waals surface area contributed by atoms with E-state index in [-0.39, 0.29) is 6.04 Å². The van der Waals surface area contributed by atoms with Gasteiger partial charge in [-0.25, -0.2) is 0 Å². The zero-order valence-corrected chi connectivity index (χ0v) is 10.8. The van der Waals surface area contributed by atoms with Crippen molar-refractivity contribution in [3.05, 3.63) is 47.6 Å². The number of aromatic nitrogens is 2. The summed E-state index contributed by atoms with van der Waals surface area (Å²) in [6, 6.07) is 12.2. The molecule has 19 heavy (non-hydrogen) atoms. The number of hydrogen-bond donors (Lipinski definition) is 1. The van der Waals surface area contributed by atoms with Gasteiger partial charge in [-0.3, -0.25) is 0 Å². The van der Waals surface area contributed by atoms with E-state index in [9.17, 15) is 0 Å². The summed E-state index contributed by atoms with van der Waals surface area (Å²) in [6.45, 7) is 2.48. The molecule has 1 heterocycles. The average molecular weight is 256 g/mol. The summed E-state index contributed by atoms with van der Waals surface area (Å²) in [5, 5.41) is 16.1. The molecule has 5 nitrogen and oxygen atoms in total. The number of hydrogen-bond acceptors (Lipinski definition) is 5. The van der Waals surface area contributed by atoms with Crippen LogP contribution in [0.5, 0.6) is 0 Å². The maximum atomic E-state index is 8.89. The fourth-order valence-electron chi connectivity index (χ4n) is 1.89. The van der Waals surface area contributed by atoms with E-state index in [4.69, 9.17) is 9.78 Å². The van der Waals surface area contributed by atoms with Crippen LogP contribution in [-0.2, 0) is 6.42 Å². The van der Waals surface area contributed by atoms with Gasteiger partial charge in [-0.15, -0.1) is 0 Å². The molecule has 0 saturated heterocycles. The topological polar surface area (TPSA) is 74.7 Å². The predicted molar refractivity (Wildman–Crippen MR) is 70.2 cm³/mol. The molecule has 98 valence electrons. The van der Waals surface area contributed by atoms with Crippen LogP contribution < -0.4 is 5.32 Å². The van der Waals surface area contributed by atoms with E-state index >= 15 is 0 Å². The minimum atomic E-state index is 0.0409. The van der Waals surface area contributed by atoms with Gasteiger partial charge in [-0.1, -0.05) is 35.5 Å². The number of benzene rings is 1. The molecule has 0 aliphatic carbocycles. The van der Waals surface area contributed by atoms with Crippen LogP contribution >= 0.6 is 0 Å². The molecule has 0 saturated carbocycles. The molecule has 0 spiro atoms. The molecule has 0 amide bonds. The van der Waals surface area contributed by atoms with Crippen molar-refractivity contribution in [3.63, 3.8) is 0 Å². The second-order valence-electron chi connectivity index (χ2n) is 4.26. The van der Waals surface area contributed by atoms with E-state index in [0.717, 1.165) is 5.56 Å². The van der Waals surface area contributed by atoms with E-state index in [0.29, 0.717) is 31.1 Å². The Bertz CT molecular complexity index is 544. The highest BCUT2D eigenvalue weighted by Crippen LogP contribution is 2.15. The number of nitrogens with one attached hydrogen (secondary N) is 1. The highest BCUT2D eigenvalue weighted by Gasteiger charge is 2.10. The highest BCUT2D eigenvalue weighted by atomic mass is 16.5. The van der Waals surface area contributed by atoms with Crippen molar-refractivity contribution >= 4 is 0 Å². The normalized spacial score (nSPS) is 12.0. The Morgan fingerprint density at radius 3 is 2.79 bits per heavy atom. The maximum absolute atomic E-state index is 8.89. The van der Waals surface area contributed by atoms with Gasteiger partial charge in [0.1, 0.15) is 0 Å². The van der Waals surface area contributed by atoms with Gasteiger partial charge in [-0.2, -0.15) is 10.2 Å². The molecule has 1 atom stereocenters. The molecule has 0 aliphatic heterocycles. The molecule has 1 unspecified atom stereocenters. The van der Waals surface area contributed by atoms with E-state index in [2.05, 4.69) is 21.5 Å². The third-order valence-corrected chi connectivity index (χ3v) is 2.81. The molecular weight excluding hydrogens is 240 g/mol. The number of nitrogens with zero attached hydrogens (tertiary/aromatic N) is 3. The van der Waals surface area contributed by atoms with Crippen LogP contribution in [0.1, 0.15) is 29.7 Å². The molecule has 1 aromatic carbocycles. The number of nitriles is 1. The average Bonchev–Trinajstić information content (AvgIpc) is 2.84. The lowest BCUT2D eigenvalue weighted by Crippen LogP contribution is -2.23. The molecule has 0 aliphatic rings. The second kappa shape index (κ2) is 6.66. The highest BCUT2D eigenvalue weighted by molar-refractivity contribution is 5.19. The van der Waals surface area contributed by atoms with Crippen LogP contribution in [0.25, 0.3) is 0 Å². The van der Waals surface area contributed by atoms with Gasteiger partial charge >= 0.3 is 0 Å². The molecule has 5 heteroatoms. The first kappa shape index (κ1) is 13.2. The van der Waals surface area contributed by atoms with Crippen molar-refractivity contribution < 1.29 is 4.52 Å². The van der Waals surface area contributed by atoms with Gasteiger partial charge in [0.05, 0.1) is 12.5 Å². The summed E-state index contributed by atoms with van der Waals surface area (Å²) >= 11 is 0. The number of aryl methyl sites for hydroxylation is 1. The Morgan fingerprint density at radius 1 is 1.37 bits per heavy atom. The molecular formula is C14H16N4O. The van der Waals surface area contributed by atoms with Crippen LogP contribution in [0, 0.1) is 18.3 Å². The first-order valence-electron chi connectivity index (χ1n) is 6.24. The first-order chi connectivity index (χ1) is 9.29. The SMILES string of the molecule is Cc1nc(CCNC(CC#N)c2ccccc2)no1. The summed E-state index contributed by atoms with van der Waals surface area (Å²) in [6.07, 6.45) is 1.13. The van der Waals surface area contributed by atoms with Crippen LogP contribution in [0.2, 0.25) is 0 Å². The lowest BCUT2D eigenvalue weighted by molar-refractivity contribution is 0.386. The van der Waals surface area contributed by atoms with Gasteiger partial charge < -0.3 is 9.84 Å². The lowest BCUT2D eigenvalue weighted by Gasteiger charge is -2.15. The Labute approximate surface area is 112 Å². The van der Waals surface area contributed by atoms with Crippen molar-refractivity contribution in [3.8, 4) is 6.07 Å². The van der Waals surface area contributed by atoms with Crippen molar-refractivity contribution in [1.29, 1.82) is 5.26 Å². The van der Waals surface area contributed by atoms with Gasteiger partial charge in [0.2, 0.25) is 5.89 Å². The molecule has 1 aromatic heterocycles. The smallest absolute Gasteiger partial charge is 0.223 e. The van der Waals surface area contributed by atoms with Gasteiger partial charge in [0.15, 0.2) is 5.82 Å². The van der Waals surface area contributed by atoms with E-state index in [1.54, 1.807) is 6.92 Å². The molecule has 2 rings (SSSR count). The lowest BCUT2D eigenvalue weighted by atomic mass is 10.0. The zero-order valence-electron chi connectivity index (χ0n) is 10.8. The molecule has 1 N–H and O–H groups in total. The van der Waals surface area contributed by atoms with Gasteiger partial charge in [0.25, 0.3) is 0 Å². The van der Waals surface area contributed by atoms with Crippen LogP contribution in [0.3, 0.4) is 0 Å². The van der Waals surface area contributed by atoms with Gasteiger partial charge in [-0.05, 0) is 5.56 Å². The first-order valence-corrected chi connectivity index (χ1v) is 6.24.